The van der Waals surface area contributed by atoms with Gasteiger partial charge in [-0.3, -0.25) is 4.79 Å². The summed E-state index contributed by atoms with van der Waals surface area (Å²) in [6.45, 7) is 1.63. The Hall–Kier alpha value is -1.36. The molecule has 0 spiro atoms. The molecule has 1 saturated carbocycles. The van der Waals surface area contributed by atoms with Crippen molar-refractivity contribution in [3.05, 3.63) is 18.0 Å². The number of hydrogen-bond donors (Lipinski definition) is 2. The van der Waals surface area contributed by atoms with Gasteiger partial charge in [-0.05, 0) is 25.8 Å². The van der Waals surface area contributed by atoms with Gasteiger partial charge in [-0.1, -0.05) is 5.16 Å². The molecule has 1 fully saturated rings. The van der Waals surface area contributed by atoms with Crippen molar-refractivity contribution in [2.45, 2.75) is 25.3 Å². The number of rotatable bonds is 6. The van der Waals surface area contributed by atoms with Crippen molar-refractivity contribution in [2.75, 3.05) is 13.1 Å². The molecule has 1 amide bonds. The molecule has 0 aliphatic heterocycles. The Labute approximate surface area is 88.2 Å². The van der Waals surface area contributed by atoms with E-state index in [1.165, 1.54) is 19.0 Å². The van der Waals surface area contributed by atoms with Crippen LogP contribution in [0.1, 0.15) is 29.8 Å². The Balaban J connectivity index is 1.55. The quantitative estimate of drug-likeness (QED) is 0.671. The van der Waals surface area contributed by atoms with E-state index in [0.29, 0.717) is 6.54 Å². The zero-order chi connectivity index (χ0) is 10.5. The van der Waals surface area contributed by atoms with Crippen LogP contribution >= 0.6 is 0 Å². The lowest BCUT2D eigenvalue weighted by Gasteiger charge is -2.03. The predicted octanol–water partition coefficient (Wildman–Crippen LogP) is 0.546. The van der Waals surface area contributed by atoms with Crippen molar-refractivity contribution < 1.29 is 9.32 Å². The maximum Gasteiger partial charge on any atom is 0.289 e. The first-order valence-corrected chi connectivity index (χ1v) is 5.28. The number of carbonyl (C=O) groups excluding carboxylic acids is 1. The second-order valence-electron chi connectivity index (χ2n) is 3.71. The molecule has 0 saturated heterocycles. The molecular weight excluding hydrogens is 194 g/mol. The Morgan fingerprint density at radius 2 is 2.40 bits per heavy atom. The van der Waals surface area contributed by atoms with Gasteiger partial charge in [0.2, 0.25) is 5.76 Å². The van der Waals surface area contributed by atoms with E-state index in [9.17, 15) is 4.79 Å². The van der Waals surface area contributed by atoms with Crippen molar-refractivity contribution in [1.82, 2.24) is 15.8 Å². The topological polar surface area (TPSA) is 67.2 Å². The van der Waals surface area contributed by atoms with Gasteiger partial charge in [-0.25, -0.2) is 0 Å². The zero-order valence-electron chi connectivity index (χ0n) is 8.53. The van der Waals surface area contributed by atoms with E-state index in [1.807, 2.05) is 0 Å². The highest BCUT2D eigenvalue weighted by atomic mass is 16.5. The Morgan fingerprint density at radius 3 is 3.07 bits per heavy atom. The fourth-order valence-corrected chi connectivity index (χ4v) is 1.30. The van der Waals surface area contributed by atoms with Crippen molar-refractivity contribution in [1.29, 1.82) is 0 Å². The van der Waals surface area contributed by atoms with Crippen LogP contribution in [-0.2, 0) is 0 Å². The minimum atomic E-state index is -0.195. The van der Waals surface area contributed by atoms with E-state index in [4.69, 9.17) is 4.52 Å². The Bertz CT molecular complexity index is 306. The van der Waals surface area contributed by atoms with Crippen LogP contribution in [0.2, 0.25) is 0 Å². The molecule has 15 heavy (non-hydrogen) atoms. The molecule has 5 nitrogen and oxygen atoms in total. The fourth-order valence-electron chi connectivity index (χ4n) is 1.30. The summed E-state index contributed by atoms with van der Waals surface area (Å²) in [5, 5.41) is 9.62. The van der Waals surface area contributed by atoms with Gasteiger partial charge in [0.05, 0.1) is 6.20 Å². The molecule has 82 valence electrons. The van der Waals surface area contributed by atoms with E-state index in [2.05, 4.69) is 15.8 Å². The number of nitrogens with zero attached hydrogens (tertiary/aromatic N) is 1. The summed E-state index contributed by atoms with van der Waals surface area (Å²) >= 11 is 0. The lowest BCUT2D eigenvalue weighted by atomic mass is 10.4. The van der Waals surface area contributed by atoms with Crippen molar-refractivity contribution in [2.24, 2.45) is 0 Å². The highest BCUT2D eigenvalue weighted by molar-refractivity contribution is 5.91. The number of amides is 1. The third-order valence-electron chi connectivity index (χ3n) is 2.31. The maximum absolute atomic E-state index is 11.3. The fraction of sp³-hybridized carbons (Fsp3) is 0.600. The molecular formula is C10H15N3O2. The second-order valence-corrected chi connectivity index (χ2v) is 3.71. The first-order chi connectivity index (χ1) is 7.36. The van der Waals surface area contributed by atoms with Gasteiger partial charge < -0.3 is 15.2 Å². The highest BCUT2D eigenvalue weighted by Gasteiger charge is 2.19. The first-order valence-electron chi connectivity index (χ1n) is 5.28. The smallest absolute Gasteiger partial charge is 0.289 e. The average molecular weight is 209 g/mol. The molecule has 1 aromatic heterocycles. The van der Waals surface area contributed by atoms with Crippen LogP contribution in [-0.4, -0.2) is 30.2 Å². The summed E-state index contributed by atoms with van der Waals surface area (Å²) in [5.41, 5.74) is 0. The molecule has 1 heterocycles. The van der Waals surface area contributed by atoms with Crippen LogP contribution in [0.3, 0.4) is 0 Å². The lowest BCUT2D eigenvalue weighted by molar-refractivity contribution is 0.0916. The third kappa shape index (κ3) is 3.36. The van der Waals surface area contributed by atoms with E-state index in [-0.39, 0.29) is 11.7 Å². The largest absolute Gasteiger partial charge is 0.351 e. The summed E-state index contributed by atoms with van der Waals surface area (Å²) in [7, 11) is 0. The van der Waals surface area contributed by atoms with Crippen LogP contribution < -0.4 is 10.6 Å². The maximum atomic E-state index is 11.3. The van der Waals surface area contributed by atoms with Crippen LogP contribution in [0.5, 0.6) is 0 Å². The zero-order valence-corrected chi connectivity index (χ0v) is 8.53. The summed E-state index contributed by atoms with van der Waals surface area (Å²) in [6, 6.07) is 2.28. The number of aromatic nitrogens is 1. The van der Waals surface area contributed by atoms with E-state index >= 15 is 0 Å². The summed E-state index contributed by atoms with van der Waals surface area (Å²) in [5.74, 6) is 0.0732. The van der Waals surface area contributed by atoms with E-state index in [0.717, 1.165) is 19.0 Å². The molecule has 0 bridgehead atoms. The van der Waals surface area contributed by atoms with E-state index in [1.54, 1.807) is 6.07 Å². The van der Waals surface area contributed by atoms with Gasteiger partial charge in [0.25, 0.3) is 5.91 Å². The number of nitrogens with one attached hydrogen (secondary N) is 2. The van der Waals surface area contributed by atoms with Gasteiger partial charge in [-0.15, -0.1) is 0 Å². The molecule has 0 radical (unpaired) electrons. The van der Waals surface area contributed by atoms with Crippen LogP contribution in [0.4, 0.5) is 0 Å². The summed E-state index contributed by atoms with van der Waals surface area (Å²) in [4.78, 5) is 11.3. The van der Waals surface area contributed by atoms with Crippen molar-refractivity contribution in [3.8, 4) is 0 Å². The molecule has 1 aromatic rings. The Kier molecular flexibility index (Phi) is 3.34. The summed E-state index contributed by atoms with van der Waals surface area (Å²) in [6.07, 6.45) is 4.99. The molecule has 0 unspecified atom stereocenters. The van der Waals surface area contributed by atoms with Gasteiger partial charge in [0.15, 0.2) is 0 Å². The second kappa shape index (κ2) is 4.93. The number of hydrogen-bond acceptors (Lipinski definition) is 4. The predicted molar refractivity (Wildman–Crippen MR) is 54.5 cm³/mol. The molecule has 0 atom stereocenters. The van der Waals surface area contributed by atoms with E-state index < -0.39 is 0 Å². The molecule has 2 rings (SSSR count). The monoisotopic (exact) mass is 209 g/mol. The van der Waals surface area contributed by atoms with Crippen molar-refractivity contribution >= 4 is 5.91 Å². The normalized spacial score (nSPS) is 15.2. The molecule has 1 aliphatic rings. The standard InChI is InChI=1S/C10H15N3O2/c14-10(9-4-7-13-15-9)12-6-1-5-11-8-2-3-8/h4,7-8,11H,1-3,5-6H2,(H,12,14). The van der Waals surface area contributed by atoms with Crippen molar-refractivity contribution in [3.63, 3.8) is 0 Å². The SMILES string of the molecule is O=C(NCCCNC1CC1)c1ccno1. The van der Waals surface area contributed by atoms with Gasteiger partial charge in [-0.2, -0.15) is 0 Å². The Morgan fingerprint density at radius 1 is 1.53 bits per heavy atom. The van der Waals surface area contributed by atoms with Gasteiger partial charge in [0, 0.05) is 18.7 Å². The summed E-state index contributed by atoms with van der Waals surface area (Å²) < 4.78 is 4.72. The van der Waals surface area contributed by atoms with Crippen LogP contribution in [0.15, 0.2) is 16.8 Å². The molecule has 0 aromatic carbocycles. The van der Waals surface area contributed by atoms with Gasteiger partial charge in [0.1, 0.15) is 0 Å². The highest BCUT2D eigenvalue weighted by Crippen LogP contribution is 2.18. The minimum absolute atomic E-state index is 0.195. The molecule has 5 heteroatoms. The van der Waals surface area contributed by atoms with Crippen LogP contribution in [0, 0.1) is 0 Å². The number of carbonyl (C=O) groups is 1. The van der Waals surface area contributed by atoms with Crippen LogP contribution in [0.25, 0.3) is 0 Å². The minimum Gasteiger partial charge on any atom is -0.351 e. The average Bonchev–Trinajstić information content (AvgIpc) is 2.90. The first kappa shape index (κ1) is 10.2. The third-order valence-corrected chi connectivity index (χ3v) is 2.31. The molecule has 2 N–H and O–H groups in total. The molecule has 1 aliphatic carbocycles. The van der Waals surface area contributed by atoms with Gasteiger partial charge >= 0.3 is 0 Å². The lowest BCUT2D eigenvalue weighted by Crippen LogP contribution is -2.27.